The first-order valence-corrected chi connectivity index (χ1v) is 14.4. The summed E-state index contributed by atoms with van der Waals surface area (Å²) in [7, 11) is 0. The number of hydrogen-bond donors (Lipinski definition) is 1. The molecule has 1 heterocycles. The molecule has 2 aromatic rings. The van der Waals surface area contributed by atoms with E-state index in [1.807, 2.05) is 0 Å². The Bertz CT molecular complexity index is 1010. The zero-order valence-corrected chi connectivity index (χ0v) is 24.3. The zero-order valence-electron chi connectivity index (χ0n) is 24.3. The van der Waals surface area contributed by atoms with E-state index in [0.717, 1.165) is 24.0 Å². The van der Waals surface area contributed by atoms with Crippen LogP contribution in [0.15, 0.2) is 36.7 Å². The van der Waals surface area contributed by atoms with Crippen molar-refractivity contribution in [1.29, 1.82) is 0 Å². The van der Waals surface area contributed by atoms with Gasteiger partial charge in [0.15, 0.2) is 5.82 Å². The number of aryl methyl sites for hydroxylation is 1. The van der Waals surface area contributed by atoms with Crippen molar-refractivity contribution in [3.63, 3.8) is 0 Å². The van der Waals surface area contributed by atoms with Gasteiger partial charge in [-0.2, -0.15) is 26.3 Å². The van der Waals surface area contributed by atoms with Gasteiger partial charge in [-0.05, 0) is 49.1 Å². The Morgan fingerprint density at radius 2 is 1.31 bits per heavy atom. The molecule has 0 bridgehead atoms. The van der Waals surface area contributed by atoms with Gasteiger partial charge in [0.1, 0.15) is 31.7 Å². The summed E-state index contributed by atoms with van der Waals surface area (Å²) in [4.78, 5) is 8.82. The van der Waals surface area contributed by atoms with E-state index < -0.39 is 50.3 Å². The van der Waals surface area contributed by atoms with Gasteiger partial charge in [0.05, 0.1) is 6.61 Å². The molecule has 0 aliphatic heterocycles. The van der Waals surface area contributed by atoms with Gasteiger partial charge in [-0.15, -0.1) is 0 Å². The molecule has 0 amide bonds. The van der Waals surface area contributed by atoms with Crippen LogP contribution in [-0.2, 0) is 15.9 Å². The van der Waals surface area contributed by atoms with Crippen LogP contribution in [0.4, 0.5) is 26.3 Å². The summed E-state index contributed by atoms with van der Waals surface area (Å²) in [6, 6.07) is 6.59. The highest BCUT2D eigenvalue weighted by Crippen LogP contribution is 2.46. The molecule has 2 rings (SSSR count). The Morgan fingerprint density at radius 3 is 1.93 bits per heavy atom. The first-order valence-electron chi connectivity index (χ1n) is 14.4. The Labute approximate surface area is 243 Å². The minimum absolute atomic E-state index is 0.251. The smallest absolute Gasteiger partial charge is 0.376 e. The van der Waals surface area contributed by atoms with Crippen LogP contribution < -0.4 is 4.74 Å². The average Bonchev–Trinajstić information content (AvgIpc) is 2.96. The van der Waals surface area contributed by atoms with Gasteiger partial charge in [-0.25, -0.2) is 9.97 Å². The highest BCUT2D eigenvalue weighted by atomic mass is 19.3. The predicted molar refractivity (Wildman–Crippen MR) is 147 cm³/mol. The van der Waals surface area contributed by atoms with Crippen LogP contribution in [0.3, 0.4) is 0 Å². The molecule has 1 unspecified atom stereocenters. The fraction of sp³-hybridized carbons (Fsp3) is 0.667. The largest absolute Gasteiger partial charge is 0.491 e. The third kappa shape index (κ3) is 11.3. The number of hydrogen-bond acceptors (Lipinski definition) is 6. The van der Waals surface area contributed by atoms with Gasteiger partial charge in [0.2, 0.25) is 0 Å². The van der Waals surface area contributed by atoms with Crippen LogP contribution in [0.5, 0.6) is 5.75 Å². The molecule has 1 atom stereocenters. The van der Waals surface area contributed by atoms with Crippen molar-refractivity contribution in [2.24, 2.45) is 0 Å². The van der Waals surface area contributed by atoms with E-state index in [1.54, 1.807) is 43.6 Å². The number of aliphatic hydroxyl groups is 1. The fourth-order valence-electron chi connectivity index (χ4n) is 3.90. The predicted octanol–water partition coefficient (Wildman–Crippen LogP) is 7.53. The summed E-state index contributed by atoms with van der Waals surface area (Å²) in [5, 5.41) is 9.94. The molecule has 238 valence electrons. The lowest BCUT2D eigenvalue weighted by Crippen LogP contribution is -2.58. The number of unbranched alkanes of at least 4 members (excludes halogenated alkanes) is 6. The van der Waals surface area contributed by atoms with Crippen LogP contribution in [-0.4, -0.2) is 72.0 Å². The van der Waals surface area contributed by atoms with Crippen molar-refractivity contribution >= 4 is 0 Å². The minimum atomic E-state index is -5.71. The average molecular weight is 609 g/mol. The maximum Gasteiger partial charge on any atom is 0.376 e. The molecule has 0 saturated carbocycles. The summed E-state index contributed by atoms with van der Waals surface area (Å²) in [5.74, 6) is -15.2. The molecule has 42 heavy (non-hydrogen) atoms. The summed E-state index contributed by atoms with van der Waals surface area (Å²) >= 11 is 0. The van der Waals surface area contributed by atoms with E-state index in [0.29, 0.717) is 24.4 Å². The second kappa shape index (κ2) is 17.6. The summed E-state index contributed by atoms with van der Waals surface area (Å²) < 4.78 is 97.5. The number of aromatic nitrogens is 2. The maximum atomic E-state index is 13.9. The normalized spacial score (nSPS) is 13.4. The first-order chi connectivity index (χ1) is 19.9. The third-order valence-electron chi connectivity index (χ3n) is 6.52. The van der Waals surface area contributed by atoms with E-state index in [-0.39, 0.29) is 6.61 Å². The van der Waals surface area contributed by atoms with Crippen molar-refractivity contribution in [3.8, 4) is 17.1 Å². The quantitative estimate of drug-likeness (QED) is 0.110. The van der Waals surface area contributed by atoms with E-state index in [4.69, 9.17) is 4.74 Å². The standard InChI is InChI=1S/C30H42F6N2O4/c1-3-5-7-8-9-10-11-23-17-37-27(38-18-23)24-12-14-26(15-13-24)42-20-25(39)19-41-22-29(33,34)30(35,36)28(31,32)21-40-16-6-4-2/h12-15,17-18,25,39H,3-11,16,19-22H2,1-2H3. The molecule has 0 spiro atoms. The zero-order chi connectivity index (χ0) is 31.1. The number of rotatable bonds is 22. The summed E-state index contributed by atoms with van der Waals surface area (Å²) in [6.07, 6.45) is 11.2. The molecule has 0 aliphatic rings. The molecule has 0 saturated heterocycles. The Kier molecular flexibility index (Phi) is 15.0. The lowest BCUT2D eigenvalue weighted by molar-refractivity contribution is -0.329. The van der Waals surface area contributed by atoms with Crippen molar-refractivity contribution < 1.29 is 45.7 Å². The molecule has 1 N–H and O–H groups in total. The maximum absolute atomic E-state index is 13.9. The van der Waals surface area contributed by atoms with Crippen molar-refractivity contribution in [1.82, 2.24) is 9.97 Å². The number of halogens is 6. The van der Waals surface area contributed by atoms with Crippen LogP contribution in [0.2, 0.25) is 0 Å². The number of benzene rings is 1. The molecule has 1 aromatic carbocycles. The van der Waals surface area contributed by atoms with E-state index in [2.05, 4.69) is 26.4 Å². The van der Waals surface area contributed by atoms with Crippen LogP contribution in [0, 0.1) is 0 Å². The third-order valence-corrected chi connectivity index (χ3v) is 6.52. The summed E-state index contributed by atoms with van der Waals surface area (Å²) in [5.41, 5.74) is 1.80. The van der Waals surface area contributed by atoms with E-state index >= 15 is 0 Å². The highest BCUT2D eigenvalue weighted by Gasteiger charge is 2.71. The Balaban J connectivity index is 1.75. The van der Waals surface area contributed by atoms with Crippen LogP contribution in [0.1, 0.15) is 70.8 Å². The van der Waals surface area contributed by atoms with Gasteiger partial charge in [-0.1, -0.05) is 52.4 Å². The van der Waals surface area contributed by atoms with E-state index in [1.165, 1.54) is 32.1 Å². The number of ether oxygens (including phenoxy) is 3. The molecule has 6 nitrogen and oxygen atoms in total. The molecular weight excluding hydrogens is 566 g/mol. The molecule has 0 fully saturated rings. The Hall–Kier alpha value is -2.44. The molecular formula is C30H42F6N2O4. The minimum Gasteiger partial charge on any atom is -0.491 e. The van der Waals surface area contributed by atoms with Crippen molar-refractivity contribution in [3.05, 3.63) is 42.2 Å². The van der Waals surface area contributed by atoms with Gasteiger partial charge in [0.25, 0.3) is 0 Å². The highest BCUT2D eigenvalue weighted by molar-refractivity contribution is 5.55. The van der Waals surface area contributed by atoms with Gasteiger partial charge in [-0.3, -0.25) is 0 Å². The van der Waals surface area contributed by atoms with Gasteiger partial charge < -0.3 is 19.3 Å². The number of aliphatic hydroxyl groups excluding tert-OH is 1. The first kappa shape index (κ1) is 35.8. The second-order valence-corrected chi connectivity index (χ2v) is 10.3. The molecule has 0 aliphatic carbocycles. The Morgan fingerprint density at radius 1 is 0.738 bits per heavy atom. The van der Waals surface area contributed by atoms with Crippen LogP contribution in [0.25, 0.3) is 11.4 Å². The van der Waals surface area contributed by atoms with Crippen molar-refractivity contribution in [2.75, 3.05) is 33.0 Å². The molecule has 0 radical (unpaired) electrons. The molecule has 12 heteroatoms. The second-order valence-electron chi connectivity index (χ2n) is 10.3. The SMILES string of the molecule is CCCCCCCCc1cnc(-c2ccc(OCC(O)COCC(F)(F)C(F)(F)C(F)(F)COCCCC)cc2)nc1. The topological polar surface area (TPSA) is 73.7 Å². The van der Waals surface area contributed by atoms with Gasteiger partial charge >= 0.3 is 17.8 Å². The summed E-state index contributed by atoms with van der Waals surface area (Å²) in [6.45, 7) is -1.44. The molecule has 1 aromatic heterocycles. The lowest BCUT2D eigenvalue weighted by atomic mass is 10.1. The van der Waals surface area contributed by atoms with E-state index in [9.17, 15) is 31.4 Å². The van der Waals surface area contributed by atoms with Crippen molar-refractivity contribution in [2.45, 2.75) is 95.5 Å². The fourth-order valence-corrected chi connectivity index (χ4v) is 3.90. The number of nitrogens with zero attached hydrogens (tertiary/aromatic N) is 2. The number of alkyl halides is 6. The lowest BCUT2D eigenvalue weighted by Gasteiger charge is -2.32. The van der Waals surface area contributed by atoms with Crippen LogP contribution >= 0.6 is 0 Å². The van der Waals surface area contributed by atoms with Gasteiger partial charge in [0, 0.05) is 24.6 Å². The monoisotopic (exact) mass is 608 g/mol.